The Morgan fingerprint density at radius 3 is 2.80 bits per heavy atom. The molecular formula is C18H17NO. The average Bonchev–Trinajstić information content (AvgIpc) is 2.42. The van der Waals surface area contributed by atoms with E-state index in [1.54, 1.807) is 6.20 Å². The van der Waals surface area contributed by atoms with Gasteiger partial charge in [-0.3, -0.25) is 9.78 Å². The number of allylic oxidation sites excluding steroid dienone is 3. The van der Waals surface area contributed by atoms with Crippen LogP contribution in [0, 0.1) is 5.41 Å². The quantitative estimate of drug-likeness (QED) is 0.723. The highest BCUT2D eigenvalue weighted by molar-refractivity contribution is 6.29. The molecule has 1 aliphatic rings. The van der Waals surface area contributed by atoms with Gasteiger partial charge in [-0.25, -0.2) is 0 Å². The Labute approximate surface area is 118 Å². The fourth-order valence-electron chi connectivity index (χ4n) is 2.76. The van der Waals surface area contributed by atoms with Gasteiger partial charge in [0.25, 0.3) is 0 Å². The van der Waals surface area contributed by atoms with Crippen LogP contribution in [0.15, 0.2) is 54.8 Å². The Bertz CT molecular complexity index is 753. The summed E-state index contributed by atoms with van der Waals surface area (Å²) in [6.45, 7) is 8.17. The third-order valence-electron chi connectivity index (χ3n) is 3.67. The number of benzene rings is 1. The highest BCUT2D eigenvalue weighted by Crippen LogP contribution is 2.37. The van der Waals surface area contributed by atoms with E-state index in [1.807, 2.05) is 30.3 Å². The second-order valence-electron chi connectivity index (χ2n) is 6.07. The van der Waals surface area contributed by atoms with Crippen molar-refractivity contribution in [3.05, 3.63) is 60.3 Å². The smallest absolute Gasteiger partial charge is 0.188 e. The van der Waals surface area contributed by atoms with E-state index in [-0.39, 0.29) is 11.2 Å². The van der Waals surface area contributed by atoms with Crippen LogP contribution in [-0.4, -0.2) is 10.8 Å². The third kappa shape index (κ3) is 2.18. The predicted octanol–water partition coefficient (Wildman–Crippen LogP) is 4.17. The van der Waals surface area contributed by atoms with Gasteiger partial charge >= 0.3 is 0 Å². The molecule has 0 aliphatic heterocycles. The summed E-state index contributed by atoms with van der Waals surface area (Å²) in [7, 11) is 0. The van der Waals surface area contributed by atoms with Crippen LogP contribution in [0.3, 0.4) is 0 Å². The fourth-order valence-corrected chi connectivity index (χ4v) is 2.76. The molecule has 0 fully saturated rings. The van der Waals surface area contributed by atoms with Crippen LogP contribution in [0.1, 0.15) is 25.8 Å². The lowest BCUT2D eigenvalue weighted by Gasteiger charge is -2.28. The summed E-state index contributed by atoms with van der Waals surface area (Å²) < 4.78 is 0. The molecule has 0 saturated heterocycles. The predicted molar refractivity (Wildman–Crippen MR) is 82.3 cm³/mol. The number of pyridine rings is 1. The normalized spacial score (nSPS) is 18.2. The molecule has 0 bridgehead atoms. The maximum Gasteiger partial charge on any atom is 0.188 e. The first-order valence-electron chi connectivity index (χ1n) is 6.77. The summed E-state index contributed by atoms with van der Waals surface area (Å²) in [6.07, 6.45) is 4.55. The van der Waals surface area contributed by atoms with E-state index in [1.165, 1.54) is 0 Å². The molecule has 2 aromatic rings. The minimum atomic E-state index is -0.0357. The van der Waals surface area contributed by atoms with Gasteiger partial charge in [0, 0.05) is 22.7 Å². The summed E-state index contributed by atoms with van der Waals surface area (Å²) in [5, 5.41) is 1.05. The first kappa shape index (κ1) is 12.8. The Balaban J connectivity index is 2.16. The first-order chi connectivity index (χ1) is 9.46. The van der Waals surface area contributed by atoms with Crippen molar-refractivity contribution >= 4 is 22.3 Å². The lowest BCUT2D eigenvalue weighted by molar-refractivity contribution is -0.111. The van der Waals surface area contributed by atoms with Crippen LogP contribution in [0.5, 0.6) is 0 Å². The second kappa shape index (κ2) is 4.41. The van der Waals surface area contributed by atoms with Crippen molar-refractivity contribution in [2.75, 3.05) is 0 Å². The van der Waals surface area contributed by atoms with E-state index in [0.717, 1.165) is 28.5 Å². The number of hydrogen-bond acceptors (Lipinski definition) is 2. The number of rotatable bonds is 1. The summed E-state index contributed by atoms with van der Waals surface area (Å²) in [5.74, 6) is 0.0430. The number of Topliss-reactive ketones (excluding diaryl/α,β-unsaturated/α-hetero) is 1. The Morgan fingerprint density at radius 2 is 2.00 bits per heavy atom. The van der Waals surface area contributed by atoms with Gasteiger partial charge in [0.2, 0.25) is 0 Å². The minimum Gasteiger partial charge on any atom is -0.289 e. The fraction of sp³-hybridized carbons (Fsp3) is 0.222. The van der Waals surface area contributed by atoms with Crippen LogP contribution in [0.2, 0.25) is 0 Å². The number of hydrogen-bond donors (Lipinski definition) is 0. The van der Waals surface area contributed by atoms with Crippen LogP contribution in [0.4, 0.5) is 0 Å². The van der Waals surface area contributed by atoms with Gasteiger partial charge in [-0.1, -0.05) is 44.7 Å². The molecule has 20 heavy (non-hydrogen) atoms. The van der Waals surface area contributed by atoms with E-state index >= 15 is 0 Å². The van der Waals surface area contributed by atoms with E-state index in [2.05, 4.69) is 31.5 Å². The Hall–Kier alpha value is -2.22. The van der Waals surface area contributed by atoms with Crippen molar-refractivity contribution in [1.82, 2.24) is 4.98 Å². The molecule has 0 spiro atoms. The van der Waals surface area contributed by atoms with Gasteiger partial charge in [0.15, 0.2) is 5.78 Å². The Morgan fingerprint density at radius 1 is 1.25 bits per heavy atom. The molecule has 1 aliphatic carbocycles. The maximum absolute atomic E-state index is 12.4. The van der Waals surface area contributed by atoms with Crippen molar-refractivity contribution in [1.29, 1.82) is 0 Å². The van der Waals surface area contributed by atoms with Crippen LogP contribution < -0.4 is 0 Å². The van der Waals surface area contributed by atoms with Crippen molar-refractivity contribution in [2.45, 2.75) is 20.3 Å². The monoisotopic (exact) mass is 263 g/mol. The van der Waals surface area contributed by atoms with E-state index in [9.17, 15) is 4.79 Å². The SMILES string of the molecule is C=C1CC(C)(C)C=C(c2cnc3ccccc3c2)C1=O. The largest absolute Gasteiger partial charge is 0.289 e. The lowest BCUT2D eigenvalue weighted by atomic mass is 9.75. The van der Waals surface area contributed by atoms with Gasteiger partial charge < -0.3 is 0 Å². The molecule has 2 heteroatoms. The molecule has 1 aromatic carbocycles. The third-order valence-corrected chi connectivity index (χ3v) is 3.67. The van der Waals surface area contributed by atoms with Gasteiger partial charge in [-0.2, -0.15) is 0 Å². The number of carbonyl (C=O) groups excluding carboxylic acids is 1. The van der Waals surface area contributed by atoms with E-state index in [4.69, 9.17) is 0 Å². The van der Waals surface area contributed by atoms with Gasteiger partial charge in [0.1, 0.15) is 0 Å². The molecule has 0 saturated carbocycles. The zero-order valence-electron chi connectivity index (χ0n) is 11.8. The number of aromatic nitrogens is 1. The zero-order valence-corrected chi connectivity index (χ0v) is 11.8. The van der Waals surface area contributed by atoms with Crippen molar-refractivity contribution in [3.8, 4) is 0 Å². The summed E-state index contributed by atoms with van der Waals surface area (Å²) in [5.41, 5.74) is 3.19. The molecule has 0 radical (unpaired) electrons. The van der Waals surface area contributed by atoms with E-state index < -0.39 is 0 Å². The molecule has 0 N–H and O–H groups in total. The Kier molecular flexibility index (Phi) is 2.82. The average molecular weight is 263 g/mol. The van der Waals surface area contributed by atoms with Gasteiger partial charge in [-0.15, -0.1) is 0 Å². The van der Waals surface area contributed by atoms with Crippen molar-refractivity contribution in [2.24, 2.45) is 5.41 Å². The van der Waals surface area contributed by atoms with Crippen LogP contribution in [0.25, 0.3) is 16.5 Å². The summed E-state index contributed by atoms with van der Waals surface area (Å²) in [4.78, 5) is 16.8. The van der Waals surface area contributed by atoms with Gasteiger partial charge in [0.05, 0.1) is 5.52 Å². The number of nitrogens with zero attached hydrogens (tertiary/aromatic N) is 1. The standard InChI is InChI=1S/C18H17NO/c1-12-9-18(2,3)10-15(17(12)20)14-8-13-6-4-5-7-16(13)19-11-14/h4-8,10-11H,1,9H2,2-3H3. The molecular weight excluding hydrogens is 246 g/mol. The highest BCUT2D eigenvalue weighted by Gasteiger charge is 2.29. The topological polar surface area (TPSA) is 30.0 Å². The maximum atomic E-state index is 12.4. The summed E-state index contributed by atoms with van der Waals surface area (Å²) in [6, 6.07) is 9.96. The molecule has 1 aromatic heterocycles. The molecule has 100 valence electrons. The number of carbonyl (C=O) groups is 1. The molecule has 1 heterocycles. The van der Waals surface area contributed by atoms with E-state index in [0.29, 0.717) is 5.57 Å². The molecule has 2 nitrogen and oxygen atoms in total. The molecule has 3 rings (SSSR count). The number of ketones is 1. The van der Waals surface area contributed by atoms with Crippen molar-refractivity contribution < 1.29 is 4.79 Å². The second-order valence-corrected chi connectivity index (χ2v) is 6.07. The first-order valence-corrected chi connectivity index (χ1v) is 6.77. The highest BCUT2D eigenvalue weighted by atomic mass is 16.1. The summed E-state index contributed by atoms with van der Waals surface area (Å²) >= 11 is 0. The molecule has 0 unspecified atom stereocenters. The minimum absolute atomic E-state index is 0.0357. The van der Waals surface area contributed by atoms with Crippen LogP contribution >= 0.6 is 0 Å². The molecule has 0 amide bonds. The molecule has 0 atom stereocenters. The number of fused-ring (bicyclic) bond motifs is 1. The van der Waals surface area contributed by atoms with Crippen LogP contribution in [-0.2, 0) is 4.79 Å². The zero-order chi connectivity index (χ0) is 14.3. The van der Waals surface area contributed by atoms with Crippen molar-refractivity contribution in [3.63, 3.8) is 0 Å². The lowest BCUT2D eigenvalue weighted by Crippen LogP contribution is -2.21. The number of para-hydroxylation sites is 1. The van der Waals surface area contributed by atoms with Gasteiger partial charge in [-0.05, 0) is 29.5 Å².